The predicted molar refractivity (Wildman–Crippen MR) is 108 cm³/mol. The van der Waals surface area contributed by atoms with Gasteiger partial charge in [0.25, 0.3) is 0 Å². The van der Waals surface area contributed by atoms with Crippen LogP contribution in [0.4, 0.5) is 10.1 Å². The topological polar surface area (TPSA) is 54.1 Å². The second kappa shape index (κ2) is 7.56. The summed E-state index contributed by atoms with van der Waals surface area (Å²) >= 11 is 0. The molecule has 0 aliphatic carbocycles. The van der Waals surface area contributed by atoms with Gasteiger partial charge < -0.3 is 15.0 Å². The third-order valence-corrected chi connectivity index (χ3v) is 4.71. The number of Topliss-reactive ketones (excluding diaryl/α,β-unsaturated/α-hetero) is 1. The Bertz CT molecular complexity index is 1120. The third-order valence-electron chi connectivity index (χ3n) is 4.71. The Kier molecular flexibility index (Phi) is 4.81. The van der Waals surface area contributed by atoms with Crippen LogP contribution in [0.5, 0.6) is 5.75 Å². The van der Waals surface area contributed by atoms with Crippen LogP contribution in [0.25, 0.3) is 10.9 Å². The maximum absolute atomic E-state index is 13.8. The van der Waals surface area contributed by atoms with E-state index in [0.29, 0.717) is 11.3 Å². The van der Waals surface area contributed by atoms with Gasteiger partial charge in [0, 0.05) is 34.4 Å². The van der Waals surface area contributed by atoms with Gasteiger partial charge in [-0.2, -0.15) is 0 Å². The molecular weight excluding hydrogens is 355 g/mol. The first-order valence-electron chi connectivity index (χ1n) is 8.92. The molecule has 0 fully saturated rings. The lowest BCUT2D eigenvalue weighted by atomic mass is 9.96. The number of halogens is 1. The molecule has 0 radical (unpaired) electrons. The van der Waals surface area contributed by atoms with Crippen LogP contribution in [0.3, 0.4) is 0 Å². The van der Waals surface area contributed by atoms with Crippen LogP contribution in [0, 0.1) is 5.82 Å². The number of carbonyl (C=O) groups is 1. The first kappa shape index (κ1) is 17.8. The minimum atomic E-state index is -0.629. The van der Waals surface area contributed by atoms with Gasteiger partial charge in [0.1, 0.15) is 6.04 Å². The zero-order chi connectivity index (χ0) is 19.5. The number of ketones is 1. The van der Waals surface area contributed by atoms with E-state index in [-0.39, 0.29) is 11.5 Å². The van der Waals surface area contributed by atoms with Crippen molar-refractivity contribution >= 4 is 22.4 Å². The summed E-state index contributed by atoms with van der Waals surface area (Å²) in [6.07, 6.45) is 1.73. The van der Waals surface area contributed by atoms with Crippen molar-refractivity contribution in [2.24, 2.45) is 0 Å². The molecule has 0 bridgehead atoms. The van der Waals surface area contributed by atoms with E-state index in [1.807, 2.05) is 54.6 Å². The Morgan fingerprint density at radius 2 is 1.79 bits per heavy atom. The molecule has 1 heterocycles. The van der Waals surface area contributed by atoms with E-state index < -0.39 is 11.9 Å². The highest BCUT2D eigenvalue weighted by atomic mass is 19.1. The SMILES string of the molecule is COc1cc(NC(C(=O)c2c[nH]c3ccccc23)c2ccccc2)ccc1F. The van der Waals surface area contributed by atoms with E-state index in [2.05, 4.69) is 10.3 Å². The monoisotopic (exact) mass is 374 g/mol. The van der Waals surface area contributed by atoms with E-state index in [4.69, 9.17) is 4.74 Å². The molecule has 0 aliphatic rings. The molecule has 0 saturated heterocycles. The van der Waals surface area contributed by atoms with Crippen LogP contribution >= 0.6 is 0 Å². The molecule has 140 valence electrons. The number of benzene rings is 3. The molecule has 0 saturated carbocycles. The fourth-order valence-electron chi connectivity index (χ4n) is 3.29. The summed E-state index contributed by atoms with van der Waals surface area (Å²) in [7, 11) is 1.41. The van der Waals surface area contributed by atoms with Crippen LogP contribution in [-0.4, -0.2) is 17.9 Å². The van der Waals surface area contributed by atoms with Crippen LogP contribution < -0.4 is 10.1 Å². The van der Waals surface area contributed by atoms with Crippen molar-refractivity contribution in [2.45, 2.75) is 6.04 Å². The zero-order valence-electron chi connectivity index (χ0n) is 15.3. The highest BCUT2D eigenvalue weighted by molar-refractivity contribution is 6.11. The number of hydrogen-bond acceptors (Lipinski definition) is 3. The Morgan fingerprint density at radius 3 is 2.57 bits per heavy atom. The van der Waals surface area contributed by atoms with E-state index in [1.165, 1.54) is 13.2 Å². The largest absolute Gasteiger partial charge is 0.494 e. The number of aromatic amines is 1. The second-order valence-corrected chi connectivity index (χ2v) is 6.45. The van der Waals surface area contributed by atoms with Gasteiger partial charge in [0.2, 0.25) is 0 Å². The Morgan fingerprint density at radius 1 is 1.04 bits per heavy atom. The van der Waals surface area contributed by atoms with Crippen LogP contribution in [0.1, 0.15) is 22.0 Å². The second-order valence-electron chi connectivity index (χ2n) is 6.45. The molecule has 3 aromatic carbocycles. The average molecular weight is 374 g/mol. The quantitative estimate of drug-likeness (QED) is 0.447. The molecule has 4 rings (SSSR count). The smallest absolute Gasteiger partial charge is 0.191 e. The Labute approximate surface area is 162 Å². The van der Waals surface area contributed by atoms with Crippen LogP contribution in [0.2, 0.25) is 0 Å². The maximum atomic E-state index is 13.8. The summed E-state index contributed by atoms with van der Waals surface area (Å²) in [6.45, 7) is 0. The molecule has 1 atom stereocenters. The average Bonchev–Trinajstić information content (AvgIpc) is 3.17. The number of hydrogen-bond donors (Lipinski definition) is 2. The normalized spacial score (nSPS) is 11.9. The Hall–Kier alpha value is -3.60. The number of H-pyrrole nitrogens is 1. The molecule has 1 unspecified atom stereocenters. The van der Waals surface area contributed by atoms with Crippen molar-refractivity contribution in [2.75, 3.05) is 12.4 Å². The summed E-state index contributed by atoms with van der Waals surface area (Å²) in [5, 5.41) is 4.11. The van der Waals surface area contributed by atoms with Gasteiger partial charge in [-0.25, -0.2) is 4.39 Å². The molecule has 0 amide bonds. The fraction of sp³-hybridized carbons (Fsp3) is 0.0870. The van der Waals surface area contributed by atoms with Gasteiger partial charge >= 0.3 is 0 Å². The summed E-state index contributed by atoms with van der Waals surface area (Å²) < 4.78 is 18.8. The van der Waals surface area contributed by atoms with E-state index in [9.17, 15) is 9.18 Å². The molecule has 4 aromatic rings. The number of methoxy groups -OCH3 is 1. The summed E-state index contributed by atoms with van der Waals surface area (Å²) in [5.74, 6) is -0.407. The van der Waals surface area contributed by atoms with Crippen molar-refractivity contribution in [1.82, 2.24) is 4.98 Å². The number of nitrogens with one attached hydrogen (secondary N) is 2. The first-order chi connectivity index (χ1) is 13.7. The van der Waals surface area contributed by atoms with Gasteiger partial charge in [-0.1, -0.05) is 48.5 Å². The number of rotatable bonds is 6. The lowest BCUT2D eigenvalue weighted by Crippen LogP contribution is -2.21. The molecule has 5 heteroatoms. The minimum Gasteiger partial charge on any atom is -0.494 e. The number of aromatic nitrogens is 1. The number of carbonyl (C=O) groups excluding carboxylic acids is 1. The van der Waals surface area contributed by atoms with Crippen molar-refractivity contribution < 1.29 is 13.9 Å². The number of anilines is 1. The minimum absolute atomic E-state index is 0.0769. The first-order valence-corrected chi connectivity index (χ1v) is 8.92. The van der Waals surface area contributed by atoms with Crippen molar-refractivity contribution in [3.63, 3.8) is 0 Å². The summed E-state index contributed by atoms with van der Waals surface area (Å²) in [6, 6.07) is 21.0. The maximum Gasteiger partial charge on any atom is 0.191 e. The van der Waals surface area contributed by atoms with E-state index in [0.717, 1.165) is 16.5 Å². The van der Waals surface area contributed by atoms with Crippen molar-refractivity contribution in [1.29, 1.82) is 0 Å². The summed E-state index contributed by atoms with van der Waals surface area (Å²) in [4.78, 5) is 16.6. The van der Waals surface area contributed by atoms with Crippen molar-refractivity contribution in [3.05, 3.63) is 95.9 Å². The van der Waals surface area contributed by atoms with Gasteiger partial charge in [-0.3, -0.25) is 4.79 Å². The standard InChI is InChI=1S/C23H19FN2O2/c1-28-21-13-16(11-12-19(21)24)26-22(15-7-3-2-4-8-15)23(27)18-14-25-20-10-6-5-9-17(18)20/h2-14,22,25-26H,1H3. The summed E-state index contributed by atoms with van der Waals surface area (Å²) in [5.41, 5.74) is 2.92. The van der Waals surface area contributed by atoms with Crippen molar-refractivity contribution in [3.8, 4) is 5.75 Å². The predicted octanol–water partition coefficient (Wildman–Crippen LogP) is 5.35. The molecule has 1 aromatic heterocycles. The van der Waals surface area contributed by atoms with Gasteiger partial charge in [0.15, 0.2) is 17.3 Å². The molecule has 0 aliphatic heterocycles. The lowest BCUT2D eigenvalue weighted by molar-refractivity contribution is 0.0971. The van der Waals surface area contributed by atoms with Gasteiger partial charge in [0.05, 0.1) is 7.11 Å². The van der Waals surface area contributed by atoms with Gasteiger partial charge in [-0.15, -0.1) is 0 Å². The highest BCUT2D eigenvalue weighted by Gasteiger charge is 2.24. The molecular formula is C23H19FN2O2. The molecule has 0 spiro atoms. The van der Waals surface area contributed by atoms with Crippen LogP contribution in [0.15, 0.2) is 79.0 Å². The number of fused-ring (bicyclic) bond motifs is 1. The van der Waals surface area contributed by atoms with E-state index in [1.54, 1.807) is 18.3 Å². The molecule has 4 nitrogen and oxygen atoms in total. The highest BCUT2D eigenvalue weighted by Crippen LogP contribution is 2.29. The number of para-hydroxylation sites is 1. The van der Waals surface area contributed by atoms with E-state index >= 15 is 0 Å². The lowest BCUT2D eigenvalue weighted by Gasteiger charge is -2.20. The van der Waals surface area contributed by atoms with Crippen LogP contribution in [-0.2, 0) is 0 Å². The molecule has 2 N–H and O–H groups in total. The Balaban J connectivity index is 1.75. The molecule has 28 heavy (non-hydrogen) atoms. The van der Waals surface area contributed by atoms with Gasteiger partial charge in [-0.05, 0) is 23.8 Å². The number of ether oxygens (including phenoxy) is 1. The fourth-order valence-corrected chi connectivity index (χ4v) is 3.29. The zero-order valence-corrected chi connectivity index (χ0v) is 15.3. The third kappa shape index (κ3) is 3.34.